The fraction of sp³-hybridized carbons (Fsp3) is 0.300. The zero-order valence-corrected chi connectivity index (χ0v) is 14.8. The van der Waals surface area contributed by atoms with Gasteiger partial charge in [0, 0.05) is 12.8 Å². The summed E-state index contributed by atoms with van der Waals surface area (Å²) < 4.78 is 12.2. The van der Waals surface area contributed by atoms with Crippen LogP contribution < -0.4 is 9.47 Å². The van der Waals surface area contributed by atoms with Gasteiger partial charge in [0.1, 0.15) is 11.5 Å². The summed E-state index contributed by atoms with van der Waals surface area (Å²) in [7, 11) is 0. The second-order valence-electron chi connectivity index (χ2n) is 5.88. The first-order chi connectivity index (χ1) is 12.4. The molecule has 0 aliphatic heterocycles. The highest BCUT2D eigenvalue weighted by Gasteiger charge is 2.32. The van der Waals surface area contributed by atoms with Crippen molar-refractivity contribution < 1.29 is 29.3 Å². The van der Waals surface area contributed by atoms with E-state index in [1.54, 1.807) is 24.3 Å². The van der Waals surface area contributed by atoms with E-state index in [4.69, 9.17) is 19.7 Å². The smallest absolute Gasteiger partial charge is 0.335 e. The van der Waals surface area contributed by atoms with Crippen molar-refractivity contribution in [3.8, 4) is 11.5 Å². The second kappa shape index (κ2) is 8.38. The monoisotopic (exact) mass is 358 g/mol. The van der Waals surface area contributed by atoms with Crippen molar-refractivity contribution in [1.29, 1.82) is 0 Å². The molecule has 2 rings (SSSR count). The molecule has 2 aromatic carbocycles. The Bertz CT molecular complexity index is 689. The van der Waals surface area contributed by atoms with Gasteiger partial charge in [-0.3, -0.25) is 0 Å². The maximum atomic E-state index is 11.0. The molecule has 0 saturated carbocycles. The van der Waals surface area contributed by atoms with Gasteiger partial charge in [-0.05, 0) is 55.0 Å². The average Bonchev–Trinajstić information content (AvgIpc) is 2.62. The predicted molar refractivity (Wildman–Crippen MR) is 96.0 cm³/mol. The van der Waals surface area contributed by atoms with E-state index in [-0.39, 0.29) is 11.1 Å². The van der Waals surface area contributed by atoms with Gasteiger partial charge in [-0.2, -0.15) is 0 Å². The molecule has 0 unspecified atom stereocenters. The van der Waals surface area contributed by atoms with E-state index in [9.17, 15) is 9.59 Å². The largest absolute Gasteiger partial charge is 0.478 e. The van der Waals surface area contributed by atoms with Gasteiger partial charge < -0.3 is 19.7 Å². The van der Waals surface area contributed by atoms with Crippen molar-refractivity contribution in [2.75, 3.05) is 0 Å². The first-order valence-corrected chi connectivity index (χ1v) is 8.44. The van der Waals surface area contributed by atoms with Crippen LogP contribution in [0.4, 0.5) is 0 Å². The number of rotatable bonds is 9. The highest BCUT2D eigenvalue weighted by atomic mass is 16.7. The van der Waals surface area contributed by atoms with E-state index >= 15 is 0 Å². The molecular formula is C20H22O6. The highest BCUT2D eigenvalue weighted by Crippen LogP contribution is 2.30. The summed E-state index contributed by atoms with van der Waals surface area (Å²) in [6.07, 6.45) is 1.99. The van der Waals surface area contributed by atoms with Crippen LogP contribution in [0.15, 0.2) is 48.5 Å². The maximum Gasteiger partial charge on any atom is 0.335 e. The number of hydrogen-bond acceptors (Lipinski definition) is 4. The molecule has 0 radical (unpaired) electrons. The molecule has 6 heteroatoms. The van der Waals surface area contributed by atoms with Crippen molar-refractivity contribution in [2.24, 2.45) is 0 Å². The Morgan fingerprint density at radius 2 is 1.19 bits per heavy atom. The van der Waals surface area contributed by atoms with Crippen LogP contribution in [0.3, 0.4) is 0 Å². The third-order valence-electron chi connectivity index (χ3n) is 3.98. The standard InChI is InChI=1S/C20H22O6/c1-3-13-20(4-2,25-16-9-5-14(6-10-16)18(21)22)26-17-11-7-15(8-12-17)19(23)24/h5-12H,3-4,13H2,1-2H3,(H,21,22)(H,23,24). The van der Waals surface area contributed by atoms with E-state index in [1.807, 2.05) is 13.8 Å². The quantitative estimate of drug-likeness (QED) is 0.643. The van der Waals surface area contributed by atoms with Gasteiger partial charge in [-0.15, -0.1) is 0 Å². The van der Waals surface area contributed by atoms with Crippen molar-refractivity contribution in [2.45, 2.75) is 38.9 Å². The third-order valence-corrected chi connectivity index (χ3v) is 3.98. The summed E-state index contributed by atoms with van der Waals surface area (Å²) in [6, 6.07) is 12.3. The number of benzene rings is 2. The molecule has 0 aliphatic rings. The van der Waals surface area contributed by atoms with Crippen molar-refractivity contribution >= 4 is 11.9 Å². The van der Waals surface area contributed by atoms with Crippen LogP contribution >= 0.6 is 0 Å². The van der Waals surface area contributed by atoms with E-state index in [0.29, 0.717) is 24.3 Å². The minimum atomic E-state index is -0.998. The van der Waals surface area contributed by atoms with E-state index < -0.39 is 17.7 Å². The van der Waals surface area contributed by atoms with Gasteiger partial charge in [0.2, 0.25) is 0 Å². The van der Waals surface area contributed by atoms with Gasteiger partial charge >= 0.3 is 11.9 Å². The minimum Gasteiger partial charge on any atom is -0.478 e. The molecule has 0 spiro atoms. The van der Waals surface area contributed by atoms with E-state index in [1.165, 1.54) is 24.3 Å². The number of carbonyl (C=O) groups is 2. The number of carboxylic acids is 2. The molecule has 0 amide bonds. The lowest BCUT2D eigenvalue weighted by Crippen LogP contribution is -2.41. The van der Waals surface area contributed by atoms with Crippen LogP contribution in [0.2, 0.25) is 0 Å². The number of aromatic carboxylic acids is 2. The fourth-order valence-corrected chi connectivity index (χ4v) is 2.59. The third kappa shape index (κ3) is 4.75. The van der Waals surface area contributed by atoms with Crippen LogP contribution in [0.1, 0.15) is 53.8 Å². The Kier molecular flexibility index (Phi) is 6.22. The lowest BCUT2D eigenvalue weighted by Gasteiger charge is -2.34. The summed E-state index contributed by atoms with van der Waals surface area (Å²) in [4.78, 5) is 21.9. The Hall–Kier alpha value is -3.02. The summed E-state index contributed by atoms with van der Waals surface area (Å²) in [5.41, 5.74) is 0.361. The summed E-state index contributed by atoms with van der Waals surface area (Å²) >= 11 is 0. The molecular weight excluding hydrogens is 336 g/mol. The summed E-state index contributed by atoms with van der Waals surface area (Å²) in [6.45, 7) is 3.95. The van der Waals surface area contributed by atoms with Crippen molar-refractivity contribution in [3.63, 3.8) is 0 Å². The highest BCUT2D eigenvalue weighted by molar-refractivity contribution is 5.88. The van der Waals surface area contributed by atoms with Crippen molar-refractivity contribution in [3.05, 3.63) is 59.7 Å². The molecule has 0 fully saturated rings. The second-order valence-corrected chi connectivity index (χ2v) is 5.88. The SMILES string of the molecule is CCCC(CC)(Oc1ccc(C(=O)O)cc1)Oc1ccc(C(=O)O)cc1. The number of hydrogen-bond donors (Lipinski definition) is 2. The lowest BCUT2D eigenvalue weighted by molar-refractivity contribution is -0.122. The van der Waals surface area contributed by atoms with E-state index in [2.05, 4.69) is 0 Å². The van der Waals surface area contributed by atoms with Gasteiger partial charge in [-0.1, -0.05) is 13.8 Å². The molecule has 2 aromatic rings. The van der Waals surface area contributed by atoms with Crippen LogP contribution in [-0.4, -0.2) is 27.9 Å². The molecule has 0 bridgehead atoms. The maximum absolute atomic E-state index is 11.0. The molecule has 0 atom stereocenters. The fourth-order valence-electron chi connectivity index (χ4n) is 2.59. The Labute approximate surface area is 152 Å². The lowest BCUT2D eigenvalue weighted by atomic mass is 10.1. The van der Waals surface area contributed by atoms with Gasteiger partial charge in [-0.25, -0.2) is 9.59 Å². The van der Waals surface area contributed by atoms with E-state index in [0.717, 1.165) is 6.42 Å². The number of ether oxygens (including phenoxy) is 2. The van der Waals surface area contributed by atoms with Gasteiger partial charge in [0.25, 0.3) is 5.79 Å². The van der Waals surface area contributed by atoms with Crippen LogP contribution in [0, 0.1) is 0 Å². The Balaban J connectivity index is 2.23. The van der Waals surface area contributed by atoms with Crippen LogP contribution in [-0.2, 0) is 0 Å². The predicted octanol–water partition coefficient (Wildman–Crippen LogP) is 4.45. The van der Waals surface area contributed by atoms with Crippen molar-refractivity contribution in [1.82, 2.24) is 0 Å². The Morgan fingerprint density at radius 3 is 1.46 bits per heavy atom. The zero-order valence-electron chi connectivity index (χ0n) is 14.8. The topological polar surface area (TPSA) is 93.1 Å². The number of carboxylic acid groups (broad SMARTS) is 2. The van der Waals surface area contributed by atoms with Gasteiger partial charge in [0.05, 0.1) is 11.1 Å². The average molecular weight is 358 g/mol. The van der Waals surface area contributed by atoms with Gasteiger partial charge in [0.15, 0.2) is 0 Å². The van der Waals surface area contributed by atoms with Crippen LogP contribution in [0.5, 0.6) is 11.5 Å². The summed E-state index contributed by atoms with van der Waals surface area (Å²) in [5.74, 6) is -1.91. The molecule has 6 nitrogen and oxygen atoms in total. The van der Waals surface area contributed by atoms with Crippen LogP contribution in [0.25, 0.3) is 0 Å². The molecule has 0 aliphatic carbocycles. The normalized spacial score (nSPS) is 11.0. The molecule has 0 aromatic heterocycles. The molecule has 0 saturated heterocycles. The molecule has 0 heterocycles. The molecule has 2 N–H and O–H groups in total. The first kappa shape index (κ1) is 19.3. The first-order valence-electron chi connectivity index (χ1n) is 8.44. The zero-order chi connectivity index (χ0) is 19.2. The minimum absolute atomic E-state index is 0.181. The molecule has 138 valence electrons. The Morgan fingerprint density at radius 1 is 0.808 bits per heavy atom. The molecule has 26 heavy (non-hydrogen) atoms. The summed E-state index contributed by atoms with van der Waals surface area (Å²) in [5, 5.41) is 18.0.